The molecular formula is C20H25N7O. The predicted molar refractivity (Wildman–Crippen MR) is 114 cm³/mol. The van der Waals surface area contributed by atoms with Gasteiger partial charge in [0, 0.05) is 37.0 Å². The van der Waals surface area contributed by atoms with Crippen LogP contribution in [0.4, 0.5) is 5.82 Å². The van der Waals surface area contributed by atoms with E-state index in [9.17, 15) is 0 Å². The van der Waals surface area contributed by atoms with E-state index in [-0.39, 0.29) is 6.04 Å². The summed E-state index contributed by atoms with van der Waals surface area (Å²) in [7, 11) is 1.73. The molecule has 3 rings (SSSR count). The summed E-state index contributed by atoms with van der Waals surface area (Å²) in [5.41, 5.74) is 15.0. The molecule has 1 aliphatic rings. The van der Waals surface area contributed by atoms with Crippen LogP contribution in [0.2, 0.25) is 0 Å². The van der Waals surface area contributed by atoms with Crippen LogP contribution in [0.25, 0.3) is 16.6 Å². The highest BCUT2D eigenvalue weighted by molar-refractivity contribution is 6.17. The summed E-state index contributed by atoms with van der Waals surface area (Å²) in [4.78, 5) is 15.9. The van der Waals surface area contributed by atoms with Gasteiger partial charge in [-0.05, 0) is 37.4 Å². The Balaban J connectivity index is 2.32. The average Bonchev–Trinajstić information content (AvgIpc) is 2.71. The lowest BCUT2D eigenvalue weighted by Gasteiger charge is -2.34. The molecule has 8 heteroatoms. The molecule has 0 aliphatic carbocycles. The molecule has 3 heterocycles. The summed E-state index contributed by atoms with van der Waals surface area (Å²) < 4.78 is 5.56. The van der Waals surface area contributed by atoms with Gasteiger partial charge in [0.25, 0.3) is 0 Å². The first kappa shape index (κ1) is 19.5. The van der Waals surface area contributed by atoms with Crippen molar-refractivity contribution in [3.05, 3.63) is 47.9 Å². The number of rotatable bonds is 5. The second kappa shape index (κ2) is 8.62. The lowest BCUT2D eigenvalue weighted by Crippen LogP contribution is -2.44. The lowest BCUT2D eigenvalue weighted by molar-refractivity contribution is 0.0986. The fraction of sp³-hybridized carbons (Fsp3) is 0.300. The minimum atomic E-state index is 0.188. The molecule has 8 nitrogen and oxygen atoms in total. The Bertz CT molecular complexity index is 964. The number of nitrogens with one attached hydrogen (secondary N) is 1. The topological polar surface area (TPSA) is 126 Å². The number of anilines is 1. The number of aliphatic imine (C=N–C) groups is 1. The Kier molecular flexibility index (Phi) is 6.00. The molecule has 0 spiro atoms. The van der Waals surface area contributed by atoms with E-state index in [2.05, 4.69) is 21.8 Å². The number of morpholine rings is 1. The summed E-state index contributed by atoms with van der Waals surface area (Å²) in [6, 6.07) is 4.10. The van der Waals surface area contributed by atoms with Crippen LogP contribution in [0.3, 0.4) is 0 Å². The predicted octanol–water partition coefficient (Wildman–Crippen LogP) is 1.70. The number of allylic oxidation sites excluding steroid dienone is 2. The highest BCUT2D eigenvalue weighted by Gasteiger charge is 2.23. The molecule has 5 N–H and O–H groups in total. The standard InChI is InChI=1S/C20H25N7O/c1-13-12-28-10-9-27(13)18-11-15(17(24-2)4-7-22)14-5-8-25-20(19(14)26-18)16(23)3-6-21/h3-8,11,13,21H,9-10,12,22-23H2,1-2H3/b7-4-,16-3-,21-6?,24-17?. The number of fused-ring (bicyclic) bond motifs is 1. The van der Waals surface area contributed by atoms with Gasteiger partial charge in [-0.25, -0.2) is 4.98 Å². The first-order valence-electron chi connectivity index (χ1n) is 9.06. The van der Waals surface area contributed by atoms with E-state index in [1.165, 1.54) is 12.3 Å². The van der Waals surface area contributed by atoms with Gasteiger partial charge in [0.05, 0.1) is 30.7 Å². The highest BCUT2D eigenvalue weighted by atomic mass is 16.5. The van der Waals surface area contributed by atoms with E-state index >= 15 is 0 Å². The third-order valence-corrected chi connectivity index (χ3v) is 4.68. The van der Waals surface area contributed by atoms with Crippen molar-refractivity contribution < 1.29 is 4.74 Å². The SMILES string of the molecule is CN=C(/C=C\N)c1cc(N2CCOCC2C)nc2c(/C(N)=C/C=N)nccc12. The van der Waals surface area contributed by atoms with Crippen molar-refractivity contribution >= 4 is 34.3 Å². The van der Waals surface area contributed by atoms with E-state index in [0.29, 0.717) is 30.1 Å². The van der Waals surface area contributed by atoms with Crippen molar-refractivity contribution in [1.29, 1.82) is 5.41 Å². The Morgan fingerprint density at radius 3 is 2.96 bits per heavy atom. The monoisotopic (exact) mass is 379 g/mol. The molecule has 0 aromatic carbocycles. The molecule has 146 valence electrons. The van der Waals surface area contributed by atoms with E-state index < -0.39 is 0 Å². The average molecular weight is 379 g/mol. The van der Waals surface area contributed by atoms with Crippen LogP contribution >= 0.6 is 0 Å². The zero-order valence-electron chi connectivity index (χ0n) is 16.1. The van der Waals surface area contributed by atoms with Crippen LogP contribution in [0.15, 0.2) is 41.7 Å². The van der Waals surface area contributed by atoms with Gasteiger partial charge in [-0.3, -0.25) is 9.98 Å². The molecule has 1 saturated heterocycles. The molecule has 1 aliphatic heterocycles. The number of aromatic nitrogens is 2. The normalized spacial score (nSPS) is 18.8. The van der Waals surface area contributed by atoms with Gasteiger partial charge in [0.15, 0.2) is 0 Å². The van der Waals surface area contributed by atoms with E-state index in [0.717, 1.165) is 35.2 Å². The van der Waals surface area contributed by atoms with Crippen molar-refractivity contribution in [3.8, 4) is 0 Å². The van der Waals surface area contributed by atoms with Crippen molar-refractivity contribution in [3.63, 3.8) is 0 Å². The second-order valence-corrected chi connectivity index (χ2v) is 6.46. The Morgan fingerprint density at radius 1 is 1.46 bits per heavy atom. The molecule has 1 fully saturated rings. The minimum absolute atomic E-state index is 0.188. The maximum atomic E-state index is 7.32. The van der Waals surface area contributed by atoms with Crippen LogP contribution in [-0.4, -0.2) is 54.7 Å². The number of pyridine rings is 2. The number of ether oxygens (including phenoxy) is 1. The van der Waals surface area contributed by atoms with Crippen LogP contribution in [-0.2, 0) is 4.74 Å². The van der Waals surface area contributed by atoms with Crippen LogP contribution in [0.5, 0.6) is 0 Å². The molecule has 0 radical (unpaired) electrons. The molecule has 1 unspecified atom stereocenters. The summed E-state index contributed by atoms with van der Waals surface area (Å²) in [6.45, 7) is 4.13. The number of hydrogen-bond acceptors (Lipinski definition) is 8. The van der Waals surface area contributed by atoms with E-state index in [4.69, 9.17) is 26.6 Å². The fourth-order valence-corrected chi connectivity index (χ4v) is 3.32. The third-order valence-electron chi connectivity index (χ3n) is 4.68. The Labute approximate surface area is 164 Å². The summed E-state index contributed by atoms with van der Waals surface area (Å²) in [5, 5.41) is 8.19. The second-order valence-electron chi connectivity index (χ2n) is 6.46. The fourth-order valence-electron chi connectivity index (χ4n) is 3.32. The third kappa shape index (κ3) is 3.72. The zero-order chi connectivity index (χ0) is 20.1. The summed E-state index contributed by atoms with van der Waals surface area (Å²) in [6.07, 6.45) is 7.56. The lowest BCUT2D eigenvalue weighted by atomic mass is 10.0. The molecule has 28 heavy (non-hydrogen) atoms. The number of hydrogen-bond donors (Lipinski definition) is 3. The molecule has 2 aromatic heterocycles. The Morgan fingerprint density at radius 2 is 2.29 bits per heavy atom. The van der Waals surface area contributed by atoms with Crippen molar-refractivity contribution in [1.82, 2.24) is 9.97 Å². The zero-order valence-corrected chi connectivity index (χ0v) is 16.1. The first-order chi connectivity index (χ1) is 13.6. The largest absolute Gasteiger partial charge is 0.405 e. The van der Waals surface area contributed by atoms with E-state index in [1.807, 2.05) is 12.1 Å². The van der Waals surface area contributed by atoms with Gasteiger partial charge in [-0.15, -0.1) is 0 Å². The Hall–Kier alpha value is -3.26. The smallest absolute Gasteiger partial charge is 0.130 e. The van der Waals surface area contributed by atoms with Crippen molar-refractivity contribution in [2.75, 3.05) is 31.7 Å². The molecule has 1 atom stereocenters. The van der Waals surface area contributed by atoms with Gasteiger partial charge >= 0.3 is 0 Å². The van der Waals surface area contributed by atoms with E-state index in [1.54, 1.807) is 19.3 Å². The van der Waals surface area contributed by atoms with Gasteiger partial charge in [0.1, 0.15) is 17.0 Å². The van der Waals surface area contributed by atoms with Crippen LogP contribution < -0.4 is 16.4 Å². The quantitative estimate of drug-likeness (QED) is 0.679. The van der Waals surface area contributed by atoms with Gasteiger partial charge in [0.2, 0.25) is 0 Å². The molecule has 2 aromatic rings. The number of nitrogens with two attached hydrogens (primary N) is 2. The highest BCUT2D eigenvalue weighted by Crippen LogP contribution is 2.29. The molecular weight excluding hydrogens is 354 g/mol. The van der Waals surface area contributed by atoms with Gasteiger partial charge in [-0.2, -0.15) is 0 Å². The number of nitrogens with zero attached hydrogens (tertiary/aromatic N) is 4. The minimum Gasteiger partial charge on any atom is -0.405 e. The van der Waals surface area contributed by atoms with Crippen molar-refractivity contribution in [2.45, 2.75) is 13.0 Å². The van der Waals surface area contributed by atoms with Gasteiger partial charge in [-0.1, -0.05) is 0 Å². The molecule has 0 amide bonds. The van der Waals surface area contributed by atoms with Crippen LogP contribution in [0, 0.1) is 5.41 Å². The maximum absolute atomic E-state index is 7.32. The van der Waals surface area contributed by atoms with Crippen LogP contribution in [0.1, 0.15) is 18.2 Å². The van der Waals surface area contributed by atoms with Crippen molar-refractivity contribution in [2.24, 2.45) is 16.5 Å². The van der Waals surface area contributed by atoms with Gasteiger partial charge < -0.3 is 26.5 Å². The summed E-state index contributed by atoms with van der Waals surface area (Å²) >= 11 is 0. The first-order valence-corrected chi connectivity index (χ1v) is 9.06. The maximum Gasteiger partial charge on any atom is 0.130 e. The molecule has 0 saturated carbocycles. The molecule has 0 bridgehead atoms. The summed E-state index contributed by atoms with van der Waals surface area (Å²) in [5.74, 6) is 0.807.